The van der Waals surface area contributed by atoms with Gasteiger partial charge in [0.1, 0.15) is 23.0 Å². The van der Waals surface area contributed by atoms with Crippen LogP contribution in [0.2, 0.25) is 0 Å². The van der Waals surface area contributed by atoms with Gasteiger partial charge in [0.05, 0.1) is 28.4 Å². The fourth-order valence-electron chi connectivity index (χ4n) is 2.21. The van der Waals surface area contributed by atoms with Gasteiger partial charge in [-0.2, -0.15) is 0 Å². The molecule has 0 aromatic heterocycles. The van der Waals surface area contributed by atoms with Gasteiger partial charge in [0, 0.05) is 29.8 Å². The third kappa shape index (κ3) is 4.10. The second kappa shape index (κ2) is 8.10. The van der Waals surface area contributed by atoms with Crippen molar-refractivity contribution in [3.05, 3.63) is 47.5 Å². The number of carbonyl (C=O) groups is 1. The molecule has 0 radical (unpaired) electrons. The lowest BCUT2D eigenvalue weighted by molar-refractivity contribution is 0.0950. The topological polar surface area (TPSA) is 66.0 Å². The van der Waals surface area contributed by atoms with E-state index in [0.29, 0.717) is 35.1 Å². The summed E-state index contributed by atoms with van der Waals surface area (Å²) in [6.07, 6.45) is 0. The van der Waals surface area contributed by atoms with Crippen molar-refractivity contribution < 1.29 is 23.7 Å². The van der Waals surface area contributed by atoms with E-state index >= 15 is 0 Å². The number of ether oxygens (including phenoxy) is 4. The Labute approximate surface area is 141 Å². The summed E-state index contributed by atoms with van der Waals surface area (Å²) in [5.41, 5.74) is 1.31. The summed E-state index contributed by atoms with van der Waals surface area (Å²) in [4.78, 5) is 12.4. The van der Waals surface area contributed by atoms with Crippen molar-refractivity contribution in [2.24, 2.45) is 0 Å². The molecule has 0 aliphatic rings. The summed E-state index contributed by atoms with van der Waals surface area (Å²) in [6.45, 7) is 0.325. The summed E-state index contributed by atoms with van der Waals surface area (Å²) in [5.74, 6) is 2.23. The van der Waals surface area contributed by atoms with Crippen molar-refractivity contribution in [3.63, 3.8) is 0 Å². The molecule has 0 bridgehead atoms. The molecule has 2 aromatic carbocycles. The zero-order valence-corrected chi connectivity index (χ0v) is 14.2. The van der Waals surface area contributed by atoms with Gasteiger partial charge in [-0.1, -0.05) is 0 Å². The maximum absolute atomic E-state index is 12.4. The molecule has 6 heteroatoms. The highest BCUT2D eigenvalue weighted by Gasteiger charge is 2.11. The van der Waals surface area contributed by atoms with Crippen LogP contribution in [0.1, 0.15) is 15.9 Å². The van der Waals surface area contributed by atoms with Crippen LogP contribution in [0.3, 0.4) is 0 Å². The Balaban J connectivity index is 2.13. The van der Waals surface area contributed by atoms with E-state index in [1.807, 2.05) is 12.1 Å². The van der Waals surface area contributed by atoms with Gasteiger partial charge in [0.2, 0.25) is 0 Å². The highest BCUT2D eigenvalue weighted by molar-refractivity contribution is 5.95. The zero-order valence-electron chi connectivity index (χ0n) is 14.2. The third-order valence-corrected chi connectivity index (χ3v) is 3.55. The largest absolute Gasteiger partial charge is 0.497 e. The average molecular weight is 331 g/mol. The highest BCUT2D eigenvalue weighted by atomic mass is 16.5. The number of hydrogen-bond donors (Lipinski definition) is 1. The minimum Gasteiger partial charge on any atom is -0.497 e. The number of rotatable bonds is 7. The smallest absolute Gasteiger partial charge is 0.251 e. The van der Waals surface area contributed by atoms with Gasteiger partial charge in [-0.3, -0.25) is 4.79 Å². The van der Waals surface area contributed by atoms with Gasteiger partial charge in [0.15, 0.2) is 0 Å². The SMILES string of the molecule is COc1cc(OC)cc(C(=O)NCc2ccc(OC)cc2OC)c1. The molecular weight excluding hydrogens is 310 g/mol. The van der Waals surface area contributed by atoms with E-state index in [2.05, 4.69) is 5.32 Å². The maximum atomic E-state index is 12.4. The van der Waals surface area contributed by atoms with Crippen LogP contribution in [0.5, 0.6) is 23.0 Å². The van der Waals surface area contributed by atoms with Crippen molar-refractivity contribution in [3.8, 4) is 23.0 Å². The zero-order chi connectivity index (χ0) is 17.5. The van der Waals surface area contributed by atoms with E-state index < -0.39 is 0 Å². The molecule has 0 unspecified atom stereocenters. The van der Waals surface area contributed by atoms with Crippen molar-refractivity contribution in [2.45, 2.75) is 6.54 Å². The standard InChI is InChI=1S/C18H21NO5/c1-21-14-6-5-12(17(10-14)24-4)11-19-18(20)13-7-15(22-2)9-16(8-13)23-3/h5-10H,11H2,1-4H3,(H,19,20). The summed E-state index contributed by atoms with van der Waals surface area (Å²) in [6, 6.07) is 10.5. The Morgan fingerprint density at radius 3 is 2.00 bits per heavy atom. The van der Waals surface area contributed by atoms with Crippen LogP contribution in [-0.2, 0) is 6.54 Å². The Morgan fingerprint density at radius 1 is 0.833 bits per heavy atom. The summed E-state index contributed by atoms with van der Waals surface area (Å²) in [5, 5.41) is 2.86. The first-order valence-electron chi connectivity index (χ1n) is 7.33. The van der Waals surface area contributed by atoms with Crippen molar-refractivity contribution in [1.29, 1.82) is 0 Å². The molecule has 1 N–H and O–H groups in total. The molecule has 24 heavy (non-hydrogen) atoms. The van der Waals surface area contributed by atoms with Gasteiger partial charge in [0.25, 0.3) is 5.91 Å². The fourth-order valence-corrected chi connectivity index (χ4v) is 2.21. The van der Waals surface area contributed by atoms with Gasteiger partial charge >= 0.3 is 0 Å². The number of hydrogen-bond acceptors (Lipinski definition) is 5. The lowest BCUT2D eigenvalue weighted by Crippen LogP contribution is -2.23. The van der Waals surface area contributed by atoms with Crippen molar-refractivity contribution >= 4 is 5.91 Å². The number of nitrogens with one attached hydrogen (secondary N) is 1. The molecule has 0 aliphatic carbocycles. The predicted octanol–water partition coefficient (Wildman–Crippen LogP) is 2.65. The van der Waals surface area contributed by atoms with E-state index in [9.17, 15) is 4.79 Å². The molecule has 0 fully saturated rings. The van der Waals surface area contributed by atoms with Crippen LogP contribution in [0.4, 0.5) is 0 Å². The van der Waals surface area contributed by atoms with E-state index in [1.165, 1.54) is 0 Å². The molecule has 2 rings (SSSR count). The molecule has 2 aromatic rings. The van der Waals surface area contributed by atoms with E-state index in [4.69, 9.17) is 18.9 Å². The summed E-state index contributed by atoms with van der Waals surface area (Å²) < 4.78 is 20.8. The Kier molecular flexibility index (Phi) is 5.89. The highest BCUT2D eigenvalue weighted by Crippen LogP contribution is 2.25. The van der Waals surface area contributed by atoms with Crippen LogP contribution < -0.4 is 24.3 Å². The van der Waals surface area contributed by atoms with Crippen molar-refractivity contribution in [1.82, 2.24) is 5.32 Å². The number of amides is 1. The fraction of sp³-hybridized carbons (Fsp3) is 0.278. The molecule has 128 valence electrons. The first-order chi connectivity index (χ1) is 11.6. The normalized spacial score (nSPS) is 10.0. The quantitative estimate of drug-likeness (QED) is 0.845. The van der Waals surface area contributed by atoms with Gasteiger partial charge in [-0.25, -0.2) is 0 Å². The molecule has 0 heterocycles. The minimum atomic E-state index is -0.231. The van der Waals surface area contributed by atoms with Crippen LogP contribution in [0.15, 0.2) is 36.4 Å². The summed E-state index contributed by atoms with van der Waals surface area (Å²) >= 11 is 0. The molecule has 6 nitrogen and oxygen atoms in total. The van der Waals surface area contributed by atoms with Gasteiger partial charge in [-0.05, 0) is 24.3 Å². The first-order valence-corrected chi connectivity index (χ1v) is 7.33. The van der Waals surface area contributed by atoms with Gasteiger partial charge < -0.3 is 24.3 Å². The Morgan fingerprint density at radius 2 is 1.46 bits per heavy atom. The molecular formula is C18H21NO5. The first kappa shape index (κ1) is 17.5. The van der Waals surface area contributed by atoms with E-state index in [0.717, 1.165) is 5.56 Å². The number of benzene rings is 2. The lowest BCUT2D eigenvalue weighted by atomic mass is 10.1. The molecule has 0 aliphatic heterocycles. The van der Waals surface area contributed by atoms with Crippen LogP contribution >= 0.6 is 0 Å². The Hall–Kier alpha value is -2.89. The molecule has 0 saturated carbocycles. The second-order valence-electron chi connectivity index (χ2n) is 4.96. The average Bonchev–Trinajstić information content (AvgIpc) is 2.65. The second-order valence-corrected chi connectivity index (χ2v) is 4.96. The monoisotopic (exact) mass is 331 g/mol. The van der Waals surface area contributed by atoms with Crippen LogP contribution in [0.25, 0.3) is 0 Å². The lowest BCUT2D eigenvalue weighted by Gasteiger charge is -2.12. The van der Waals surface area contributed by atoms with Crippen molar-refractivity contribution in [2.75, 3.05) is 28.4 Å². The summed E-state index contributed by atoms with van der Waals surface area (Å²) in [7, 11) is 6.25. The maximum Gasteiger partial charge on any atom is 0.251 e. The van der Waals surface area contributed by atoms with Crippen LogP contribution in [-0.4, -0.2) is 34.3 Å². The number of methoxy groups -OCH3 is 4. The Bertz CT molecular complexity index is 692. The molecule has 0 spiro atoms. The van der Waals surface area contributed by atoms with Gasteiger partial charge in [-0.15, -0.1) is 0 Å². The van der Waals surface area contributed by atoms with Crippen LogP contribution in [0, 0.1) is 0 Å². The predicted molar refractivity (Wildman–Crippen MR) is 90.3 cm³/mol. The van der Waals surface area contributed by atoms with E-state index in [-0.39, 0.29) is 5.91 Å². The molecule has 1 amide bonds. The number of carbonyl (C=O) groups excluding carboxylic acids is 1. The minimum absolute atomic E-state index is 0.231. The molecule has 0 atom stereocenters. The van der Waals surface area contributed by atoms with E-state index in [1.54, 1.807) is 52.7 Å². The third-order valence-electron chi connectivity index (χ3n) is 3.55. The molecule has 0 saturated heterocycles.